The van der Waals surface area contributed by atoms with E-state index in [0.717, 1.165) is 43.4 Å². The summed E-state index contributed by atoms with van der Waals surface area (Å²) in [7, 11) is 0. The quantitative estimate of drug-likeness (QED) is 0.306. The highest BCUT2D eigenvalue weighted by Gasteiger charge is 2.25. The van der Waals surface area contributed by atoms with Gasteiger partial charge in [-0.25, -0.2) is 8.93 Å². The molecule has 1 aliphatic carbocycles. The first kappa shape index (κ1) is 20.7. The number of hydrogen-bond acceptors (Lipinski definition) is 2. The van der Waals surface area contributed by atoms with Crippen LogP contribution in [-0.2, 0) is 11.3 Å². The molecule has 3 rings (SSSR count). The topological polar surface area (TPSA) is 61.4 Å². The highest BCUT2D eigenvalue weighted by Crippen LogP contribution is 2.29. The Morgan fingerprint density at radius 3 is 2.14 bits per heavy atom. The van der Waals surface area contributed by atoms with Crippen LogP contribution in [0.15, 0.2) is 84.5 Å². The van der Waals surface area contributed by atoms with Crippen molar-refractivity contribution >= 4 is 11.3 Å². The van der Waals surface area contributed by atoms with E-state index in [1.807, 2.05) is 48.5 Å². The van der Waals surface area contributed by atoms with Gasteiger partial charge in [-0.2, -0.15) is 0 Å². The minimum atomic E-state index is -2.11. The molecule has 28 heavy (non-hydrogen) atoms. The minimum absolute atomic E-state index is 0.111. The second-order valence-electron chi connectivity index (χ2n) is 6.97. The van der Waals surface area contributed by atoms with Crippen molar-refractivity contribution in [3.05, 3.63) is 95.6 Å². The van der Waals surface area contributed by atoms with Crippen LogP contribution in [0, 0.1) is 0 Å². The maximum absolute atomic E-state index is 11.6. The molecule has 0 heterocycles. The molecular formula is C23H28N2O2S. The molecule has 148 valence electrons. The van der Waals surface area contributed by atoms with E-state index in [2.05, 4.69) is 40.4 Å². The van der Waals surface area contributed by atoms with E-state index >= 15 is 0 Å². The lowest BCUT2D eigenvalue weighted by molar-refractivity contribution is 0.415. The summed E-state index contributed by atoms with van der Waals surface area (Å²) >= 11 is -2.11. The van der Waals surface area contributed by atoms with Gasteiger partial charge in [-0.05, 0) is 43.4 Å². The first-order chi connectivity index (χ1) is 13.7. The number of nitrogens with one attached hydrogen (secondary N) is 2. The second-order valence-corrected chi connectivity index (χ2v) is 7.71. The van der Waals surface area contributed by atoms with Gasteiger partial charge in [0.1, 0.15) is 0 Å². The smallest absolute Gasteiger partial charge is 0.232 e. The summed E-state index contributed by atoms with van der Waals surface area (Å²) in [4.78, 5) is 0. The first-order valence-electron chi connectivity index (χ1n) is 9.77. The minimum Gasteiger partial charge on any atom is -0.308 e. The molecule has 0 spiro atoms. The van der Waals surface area contributed by atoms with Gasteiger partial charge in [0.05, 0.1) is 12.1 Å². The maximum atomic E-state index is 11.6. The molecule has 0 aliphatic heterocycles. The van der Waals surface area contributed by atoms with Gasteiger partial charge in [-0.3, -0.25) is 4.55 Å². The van der Waals surface area contributed by atoms with Crippen molar-refractivity contribution in [2.45, 2.75) is 37.8 Å². The van der Waals surface area contributed by atoms with Crippen LogP contribution >= 0.6 is 0 Å². The molecule has 0 radical (unpaired) electrons. The van der Waals surface area contributed by atoms with Crippen molar-refractivity contribution in [2.24, 2.45) is 0 Å². The number of rotatable bonds is 10. The fourth-order valence-corrected chi connectivity index (χ4v) is 4.10. The second kappa shape index (κ2) is 11.1. The van der Waals surface area contributed by atoms with E-state index < -0.39 is 11.3 Å². The van der Waals surface area contributed by atoms with Gasteiger partial charge in [0, 0.05) is 0 Å². The summed E-state index contributed by atoms with van der Waals surface area (Å²) in [6, 6.07) is 19.5. The Labute approximate surface area is 170 Å². The van der Waals surface area contributed by atoms with Crippen molar-refractivity contribution in [3.8, 4) is 0 Å². The van der Waals surface area contributed by atoms with E-state index in [1.54, 1.807) is 0 Å². The van der Waals surface area contributed by atoms with E-state index in [-0.39, 0.29) is 12.1 Å². The highest BCUT2D eigenvalue weighted by molar-refractivity contribution is 7.77. The lowest BCUT2D eigenvalue weighted by Gasteiger charge is -2.29. The average Bonchev–Trinajstić information content (AvgIpc) is 2.74. The van der Waals surface area contributed by atoms with Crippen molar-refractivity contribution in [2.75, 3.05) is 6.54 Å². The molecule has 5 heteroatoms. The molecule has 0 fully saturated rings. The van der Waals surface area contributed by atoms with Gasteiger partial charge in [-0.1, -0.05) is 84.5 Å². The normalized spacial score (nSPS) is 17.0. The third-order valence-electron chi connectivity index (χ3n) is 5.01. The number of hydrogen-bond donors (Lipinski definition) is 3. The lowest BCUT2D eigenvalue weighted by Crippen LogP contribution is -2.36. The molecule has 4 nitrogen and oxygen atoms in total. The Morgan fingerprint density at radius 1 is 0.929 bits per heavy atom. The van der Waals surface area contributed by atoms with Crippen molar-refractivity contribution < 1.29 is 8.76 Å². The zero-order valence-electron chi connectivity index (χ0n) is 16.0. The summed E-state index contributed by atoms with van der Waals surface area (Å²) in [5, 5.41) is 3.63. The molecule has 0 saturated heterocycles. The van der Waals surface area contributed by atoms with Crippen LogP contribution in [0.4, 0.5) is 0 Å². The zero-order chi connectivity index (χ0) is 19.6. The third-order valence-corrected chi connectivity index (χ3v) is 5.46. The molecule has 1 aliphatic rings. The SMILES string of the molecule is O=S(O)NC(c1ccccc1)[C@H](NCCCC1=CCC=CC1)c1ccccc1. The van der Waals surface area contributed by atoms with Crippen molar-refractivity contribution in [3.63, 3.8) is 0 Å². The van der Waals surface area contributed by atoms with E-state index in [9.17, 15) is 8.76 Å². The summed E-state index contributed by atoms with van der Waals surface area (Å²) in [5.41, 5.74) is 3.57. The standard InChI is InChI=1S/C23H28N2O2S/c26-28(27)25-23(21-16-8-3-9-17-21)22(20-14-6-2-7-15-20)24-18-10-13-19-11-4-1-5-12-19/h1-4,6-9,12,14-17,22-25H,5,10-11,13,18H2,(H,26,27)/t22-,23?/m1/s1. The van der Waals surface area contributed by atoms with Crippen molar-refractivity contribution in [1.29, 1.82) is 0 Å². The van der Waals surface area contributed by atoms with E-state index in [4.69, 9.17) is 0 Å². The van der Waals surface area contributed by atoms with Gasteiger partial charge in [0.2, 0.25) is 11.3 Å². The largest absolute Gasteiger partial charge is 0.308 e. The van der Waals surface area contributed by atoms with Crippen LogP contribution in [0.2, 0.25) is 0 Å². The van der Waals surface area contributed by atoms with Crippen LogP contribution in [-0.4, -0.2) is 15.3 Å². The third kappa shape index (κ3) is 6.24. The number of benzene rings is 2. The molecule has 0 amide bonds. The van der Waals surface area contributed by atoms with Crippen LogP contribution < -0.4 is 10.0 Å². The highest BCUT2D eigenvalue weighted by atomic mass is 32.2. The van der Waals surface area contributed by atoms with Gasteiger partial charge >= 0.3 is 0 Å². The molecule has 3 atom stereocenters. The van der Waals surface area contributed by atoms with Crippen LogP contribution in [0.5, 0.6) is 0 Å². The Balaban J connectivity index is 1.73. The van der Waals surface area contributed by atoms with Gasteiger partial charge in [0.25, 0.3) is 0 Å². The van der Waals surface area contributed by atoms with Crippen molar-refractivity contribution in [1.82, 2.24) is 10.0 Å². The Kier molecular flexibility index (Phi) is 8.18. The fraction of sp³-hybridized carbons (Fsp3) is 0.304. The molecular weight excluding hydrogens is 368 g/mol. The molecule has 0 aromatic heterocycles. The Bertz CT molecular complexity index is 806. The van der Waals surface area contributed by atoms with E-state index in [1.165, 1.54) is 5.57 Å². The van der Waals surface area contributed by atoms with E-state index in [0.29, 0.717) is 0 Å². The lowest BCUT2D eigenvalue weighted by atomic mass is 9.93. The zero-order valence-corrected chi connectivity index (χ0v) is 16.8. The molecule has 2 aromatic carbocycles. The van der Waals surface area contributed by atoms with Gasteiger partial charge < -0.3 is 5.32 Å². The van der Waals surface area contributed by atoms with Gasteiger partial charge in [-0.15, -0.1) is 0 Å². The first-order valence-corrected chi connectivity index (χ1v) is 10.9. The predicted octanol–water partition coefficient (Wildman–Crippen LogP) is 4.84. The summed E-state index contributed by atoms with van der Waals surface area (Å²) in [5.74, 6) is 0. The maximum Gasteiger partial charge on any atom is 0.232 e. The monoisotopic (exact) mass is 396 g/mol. The molecule has 0 bridgehead atoms. The molecule has 0 saturated carbocycles. The Hall–Kier alpha value is -2.05. The van der Waals surface area contributed by atoms with Crippen LogP contribution in [0.3, 0.4) is 0 Å². The van der Waals surface area contributed by atoms with Gasteiger partial charge in [0.15, 0.2) is 0 Å². The van der Waals surface area contributed by atoms with Crippen LogP contribution in [0.25, 0.3) is 0 Å². The summed E-state index contributed by atoms with van der Waals surface area (Å²) in [6.07, 6.45) is 11.0. The molecule has 3 N–H and O–H groups in total. The average molecular weight is 397 g/mol. The predicted molar refractivity (Wildman–Crippen MR) is 116 cm³/mol. The summed E-state index contributed by atoms with van der Waals surface area (Å²) in [6.45, 7) is 0.837. The molecule has 2 aromatic rings. The van der Waals surface area contributed by atoms with Crippen LogP contribution in [0.1, 0.15) is 48.9 Å². The Morgan fingerprint density at radius 2 is 1.57 bits per heavy atom. The fourth-order valence-electron chi connectivity index (χ4n) is 3.61. The summed E-state index contributed by atoms with van der Waals surface area (Å²) < 4.78 is 24.0. The number of allylic oxidation sites excluding steroid dienone is 4. The molecule has 2 unspecified atom stereocenters.